The Morgan fingerprint density at radius 3 is 2.16 bits per heavy atom. The fourth-order valence-electron chi connectivity index (χ4n) is 2.08. The number of sulfone groups is 1. The quantitative estimate of drug-likeness (QED) is 0.422. The molecule has 0 saturated heterocycles. The zero-order valence-corrected chi connectivity index (χ0v) is 16.8. The topological polar surface area (TPSA) is 152 Å². The Hall–Kier alpha value is -0.840. The van der Waals surface area contributed by atoms with Crippen molar-refractivity contribution in [3.05, 3.63) is 33.9 Å². The summed E-state index contributed by atoms with van der Waals surface area (Å²) in [6.07, 6.45) is 0. The first-order valence-corrected chi connectivity index (χ1v) is 11.9. The molecule has 0 saturated carbocycles. The number of fused-ring (bicyclic) bond motifs is 1. The molecule has 0 fully saturated rings. The maximum Gasteiger partial charge on any atom is 0.397 e. The largest absolute Gasteiger partial charge is 0.397 e. The van der Waals surface area contributed by atoms with Crippen LogP contribution in [0, 0.1) is 3.57 Å². The van der Waals surface area contributed by atoms with Crippen molar-refractivity contribution in [3.63, 3.8) is 0 Å². The van der Waals surface area contributed by atoms with Crippen molar-refractivity contribution in [2.24, 2.45) is 0 Å². The van der Waals surface area contributed by atoms with Crippen molar-refractivity contribution in [2.45, 2.75) is 9.79 Å². The lowest BCUT2D eigenvalue weighted by atomic mass is 10.1. The summed E-state index contributed by atoms with van der Waals surface area (Å²) in [5, 5.41) is 0.396. The second-order valence-electron chi connectivity index (χ2n) is 4.80. The first-order chi connectivity index (χ1) is 11.3. The fraction of sp³-hybridized carbons (Fsp3) is 0.167. The summed E-state index contributed by atoms with van der Waals surface area (Å²) in [5.74, 6) is -0.714. The monoisotopic (exact) mass is 522 g/mol. The Balaban J connectivity index is 2.47. The zero-order valence-electron chi connectivity index (χ0n) is 12.2. The van der Waals surface area contributed by atoms with Gasteiger partial charge in [-0.2, -0.15) is 16.8 Å². The third-order valence-electron chi connectivity index (χ3n) is 3.10. The van der Waals surface area contributed by atoms with E-state index in [-0.39, 0.29) is 24.1 Å². The van der Waals surface area contributed by atoms with Gasteiger partial charge in [0.2, 0.25) is 0 Å². The molecule has 0 atom stereocenters. The van der Waals surface area contributed by atoms with Gasteiger partial charge in [-0.05, 0) is 46.2 Å². The van der Waals surface area contributed by atoms with Gasteiger partial charge in [0.1, 0.15) is 4.90 Å². The van der Waals surface area contributed by atoms with Gasteiger partial charge in [0.05, 0.1) is 17.3 Å². The summed E-state index contributed by atoms with van der Waals surface area (Å²) < 4.78 is 90.3. The van der Waals surface area contributed by atoms with Crippen LogP contribution in [0.2, 0.25) is 0 Å². The molecule has 0 aliphatic rings. The second kappa shape index (κ2) is 7.05. The van der Waals surface area contributed by atoms with Crippen LogP contribution in [0.5, 0.6) is 0 Å². The molecule has 0 aromatic heterocycles. The minimum Gasteiger partial charge on any atom is -0.282 e. The maximum atomic E-state index is 12.2. The lowest BCUT2D eigenvalue weighted by Crippen LogP contribution is -2.15. The van der Waals surface area contributed by atoms with Crippen molar-refractivity contribution in [1.29, 1.82) is 0 Å². The normalized spacial score (nSPS) is 13.2. The average molecular weight is 522 g/mol. The highest BCUT2D eigenvalue weighted by Gasteiger charge is 2.21. The molecule has 0 aliphatic carbocycles. The Kier molecular flexibility index (Phi) is 5.77. The van der Waals surface area contributed by atoms with Gasteiger partial charge >= 0.3 is 10.4 Å². The van der Waals surface area contributed by atoms with Crippen molar-refractivity contribution >= 4 is 63.7 Å². The first-order valence-electron chi connectivity index (χ1n) is 6.36. The van der Waals surface area contributed by atoms with Gasteiger partial charge < -0.3 is 0 Å². The van der Waals surface area contributed by atoms with Gasteiger partial charge in [0, 0.05) is 8.96 Å². The Bertz CT molecular complexity index is 1140. The molecular formula is C12H11IO9S3. The number of hydrogen-bond acceptors (Lipinski definition) is 7. The molecule has 138 valence electrons. The Labute approximate surface area is 157 Å². The zero-order chi connectivity index (χ0) is 19.0. The van der Waals surface area contributed by atoms with E-state index in [9.17, 15) is 29.8 Å². The van der Waals surface area contributed by atoms with Crippen LogP contribution in [0.3, 0.4) is 0 Å². The van der Waals surface area contributed by atoms with E-state index in [1.54, 1.807) is 22.6 Å². The highest BCUT2D eigenvalue weighted by atomic mass is 127. The van der Waals surface area contributed by atoms with E-state index in [0.717, 1.165) is 6.07 Å². The molecular weight excluding hydrogens is 511 g/mol. The number of hydrogen-bond donors (Lipinski definition) is 2. The van der Waals surface area contributed by atoms with Crippen LogP contribution in [0.4, 0.5) is 0 Å². The molecule has 0 heterocycles. The predicted molar refractivity (Wildman–Crippen MR) is 96.0 cm³/mol. The van der Waals surface area contributed by atoms with Gasteiger partial charge in [-0.25, -0.2) is 12.6 Å². The summed E-state index contributed by atoms with van der Waals surface area (Å²) in [4.78, 5) is -0.523. The molecule has 25 heavy (non-hydrogen) atoms. The highest BCUT2D eigenvalue weighted by Crippen LogP contribution is 2.29. The van der Waals surface area contributed by atoms with E-state index in [0.29, 0.717) is 0 Å². The standard InChI is InChI=1S/C12H11IO9S3/c13-11-4-1-8-7-9(2-3-10(8)12(11)24(16,17)18)23(14,15)6-5-22-25(19,20)21/h1-4,7H,5-6H2,(H,16,17,18)(H,19,20,21). The number of benzene rings is 2. The van der Waals surface area contributed by atoms with Crippen LogP contribution in [-0.4, -0.2) is 46.7 Å². The van der Waals surface area contributed by atoms with E-state index >= 15 is 0 Å². The van der Waals surface area contributed by atoms with Crippen molar-refractivity contribution in [1.82, 2.24) is 0 Å². The van der Waals surface area contributed by atoms with Crippen molar-refractivity contribution in [3.8, 4) is 0 Å². The van der Waals surface area contributed by atoms with Crippen LogP contribution in [-0.2, 0) is 34.5 Å². The fourth-order valence-corrected chi connectivity index (χ4v) is 5.68. The van der Waals surface area contributed by atoms with Crippen molar-refractivity contribution < 1.29 is 38.5 Å². The van der Waals surface area contributed by atoms with E-state index < -0.39 is 42.7 Å². The number of rotatable bonds is 6. The minimum absolute atomic E-state index is 0.141. The molecule has 9 nitrogen and oxygen atoms in total. The highest BCUT2D eigenvalue weighted by molar-refractivity contribution is 14.1. The lowest BCUT2D eigenvalue weighted by Gasteiger charge is -2.09. The Morgan fingerprint density at radius 2 is 1.60 bits per heavy atom. The molecule has 0 bridgehead atoms. The third-order valence-corrected chi connectivity index (χ3v) is 7.46. The molecule has 0 spiro atoms. The molecule has 0 aliphatic heterocycles. The van der Waals surface area contributed by atoms with Crippen LogP contribution in [0.15, 0.2) is 40.1 Å². The molecule has 0 amide bonds. The first kappa shape index (κ1) is 20.5. The molecule has 0 unspecified atom stereocenters. The third kappa shape index (κ3) is 5.08. The molecule has 2 rings (SSSR count). The smallest absolute Gasteiger partial charge is 0.282 e. The van der Waals surface area contributed by atoms with E-state index in [1.165, 1.54) is 24.3 Å². The summed E-state index contributed by atoms with van der Waals surface area (Å²) in [6, 6.07) is 6.46. The SMILES string of the molecule is O=S(=O)(O)OCCS(=O)(=O)c1ccc2c(S(=O)(=O)O)c(I)ccc2c1. The maximum absolute atomic E-state index is 12.2. The number of halogens is 1. The second-order valence-corrected chi connectivity index (χ2v) is 10.5. The molecule has 2 aromatic rings. The van der Waals surface area contributed by atoms with Gasteiger partial charge in [0.25, 0.3) is 10.1 Å². The Morgan fingerprint density at radius 1 is 0.960 bits per heavy atom. The minimum atomic E-state index is -4.75. The van der Waals surface area contributed by atoms with Gasteiger partial charge in [-0.15, -0.1) is 0 Å². The van der Waals surface area contributed by atoms with Gasteiger partial charge in [-0.3, -0.25) is 9.11 Å². The van der Waals surface area contributed by atoms with Gasteiger partial charge in [0.15, 0.2) is 9.84 Å². The summed E-state index contributed by atoms with van der Waals surface area (Å²) in [7, 11) is -13.2. The van der Waals surface area contributed by atoms with E-state index in [4.69, 9.17) is 4.55 Å². The summed E-state index contributed by atoms with van der Waals surface area (Å²) in [5.41, 5.74) is 0. The lowest BCUT2D eigenvalue weighted by molar-refractivity contribution is 0.284. The predicted octanol–water partition coefficient (Wildman–Crippen LogP) is 1.28. The van der Waals surface area contributed by atoms with Crippen LogP contribution < -0.4 is 0 Å². The van der Waals surface area contributed by atoms with E-state index in [2.05, 4.69) is 4.18 Å². The average Bonchev–Trinajstić information content (AvgIpc) is 2.43. The summed E-state index contributed by atoms with van der Waals surface area (Å²) in [6.45, 7) is -0.776. The van der Waals surface area contributed by atoms with E-state index in [1.807, 2.05) is 0 Å². The molecule has 2 aromatic carbocycles. The molecule has 0 radical (unpaired) electrons. The molecule has 2 N–H and O–H groups in total. The van der Waals surface area contributed by atoms with Crippen molar-refractivity contribution in [2.75, 3.05) is 12.4 Å². The van der Waals surface area contributed by atoms with Crippen LogP contribution in [0.1, 0.15) is 0 Å². The van der Waals surface area contributed by atoms with Crippen LogP contribution in [0.25, 0.3) is 10.8 Å². The summed E-state index contributed by atoms with van der Waals surface area (Å²) >= 11 is 1.73. The molecule has 13 heteroatoms. The van der Waals surface area contributed by atoms with Gasteiger partial charge in [-0.1, -0.05) is 12.1 Å². The van der Waals surface area contributed by atoms with Crippen LogP contribution >= 0.6 is 22.6 Å².